The Kier molecular flexibility index (Phi) is 11.4. The number of anilines is 1. The molecule has 11 nitrogen and oxygen atoms in total. The zero-order chi connectivity index (χ0) is 30.9. The van der Waals surface area contributed by atoms with Crippen LogP contribution in [0.5, 0.6) is 0 Å². The van der Waals surface area contributed by atoms with Crippen LogP contribution in [0.3, 0.4) is 0 Å². The lowest BCUT2D eigenvalue weighted by Crippen LogP contribution is -2.51. The molecule has 0 saturated heterocycles. The van der Waals surface area contributed by atoms with Crippen molar-refractivity contribution in [3.8, 4) is 0 Å². The van der Waals surface area contributed by atoms with Crippen LogP contribution in [0.1, 0.15) is 17.5 Å². The number of sulfonamides is 1. The third kappa shape index (κ3) is 9.19. The predicted molar refractivity (Wildman–Crippen MR) is 154 cm³/mol. The summed E-state index contributed by atoms with van der Waals surface area (Å²) in [5, 5.41) is 5.94. The van der Waals surface area contributed by atoms with Gasteiger partial charge in [-0.3, -0.25) is 14.6 Å². The summed E-state index contributed by atoms with van der Waals surface area (Å²) in [5.41, 5.74) is 17.5. The number of carbonyl (C=O) groups excluding carboxylic acids is 2. The zero-order valence-corrected chi connectivity index (χ0v) is 23.5. The minimum Gasteiger partial charge on any atom is -0.343 e. The van der Waals surface area contributed by atoms with Crippen LogP contribution < -0.4 is 27.8 Å². The van der Waals surface area contributed by atoms with Gasteiger partial charge < -0.3 is 27.8 Å². The number of nitrogens with zero attached hydrogens (tertiary/aromatic N) is 2. The number of rotatable bonds is 14. The quantitative estimate of drug-likeness (QED) is 0.180. The minimum absolute atomic E-state index is 0.0555. The molecule has 15 heteroatoms. The van der Waals surface area contributed by atoms with Crippen molar-refractivity contribution in [3.05, 3.63) is 71.9 Å². The van der Waals surface area contributed by atoms with Gasteiger partial charge in [-0.05, 0) is 36.2 Å². The highest BCUT2D eigenvalue weighted by molar-refractivity contribution is 7.89. The summed E-state index contributed by atoms with van der Waals surface area (Å²) in [6, 6.07) is 10.5. The summed E-state index contributed by atoms with van der Waals surface area (Å²) in [6.45, 7) is 0.276. The number of carbonyl (C=O) groups is 2. The first-order valence-corrected chi connectivity index (χ1v) is 14.7. The maximum atomic E-state index is 13.3. The molecule has 0 aliphatic carbocycles. The Hall–Kier alpha value is -3.63. The normalized spacial score (nSPS) is 13.6. The lowest BCUT2D eigenvalue weighted by atomic mass is 10.0. The first-order valence-electron chi connectivity index (χ1n) is 13.1. The van der Waals surface area contributed by atoms with E-state index in [0.717, 1.165) is 21.8 Å². The molecule has 3 rings (SSSR count). The highest BCUT2D eigenvalue weighted by atomic mass is 32.2. The van der Waals surface area contributed by atoms with E-state index < -0.39 is 51.4 Å². The van der Waals surface area contributed by atoms with Crippen molar-refractivity contribution >= 4 is 38.4 Å². The molecule has 2 unspecified atom stereocenters. The van der Waals surface area contributed by atoms with Gasteiger partial charge in [0.05, 0.1) is 34.8 Å². The van der Waals surface area contributed by atoms with Crippen molar-refractivity contribution in [3.63, 3.8) is 0 Å². The van der Waals surface area contributed by atoms with Crippen molar-refractivity contribution in [2.45, 2.75) is 31.1 Å². The molecule has 0 radical (unpaired) electrons. The Balaban J connectivity index is 1.76. The molecule has 0 aliphatic rings. The number of halogens is 3. The number of nitrogens with one attached hydrogen (secondary N) is 2. The fourth-order valence-electron chi connectivity index (χ4n) is 4.14. The number of para-hydroxylation sites is 1. The molecular formula is C27H34F3N7O4S. The fourth-order valence-corrected chi connectivity index (χ4v) is 5.71. The molecule has 2 atom stereocenters. The minimum atomic E-state index is -4.54. The summed E-state index contributed by atoms with van der Waals surface area (Å²) >= 11 is 0. The molecule has 0 bridgehead atoms. The van der Waals surface area contributed by atoms with E-state index in [2.05, 4.69) is 15.6 Å². The highest BCUT2D eigenvalue weighted by Gasteiger charge is 2.31. The maximum Gasteiger partial charge on any atom is 0.416 e. The second kappa shape index (κ2) is 14.5. The van der Waals surface area contributed by atoms with Crippen molar-refractivity contribution in [2.75, 3.05) is 37.2 Å². The third-order valence-corrected chi connectivity index (χ3v) is 8.29. The molecule has 3 aromatic rings. The topological polar surface area (TPSA) is 187 Å². The van der Waals surface area contributed by atoms with Crippen LogP contribution in [0.25, 0.3) is 10.9 Å². The fraction of sp³-hybridized carbons (Fsp3) is 0.370. The molecular weight excluding hydrogens is 575 g/mol. The van der Waals surface area contributed by atoms with Gasteiger partial charge in [0.25, 0.3) is 0 Å². The van der Waals surface area contributed by atoms with Crippen LogP contribution in [0.4, 0.5) is 18.9 Å². The largest absolute Gasteiger partial charge is 0.416 e. The van der Waals surface area contributed by atoms with E-state index in [1.807, 2.05) is 6.07 Å². The average Bonchev–Trinajstić information content (AvgIpc) is 2.95. The number of aromatic nitrogens is 1. The molecule has 2 amide bonds. The van der Waals surface area contributed by atoms with Crippen LogP contribution in [0.15, 0.2) is 60.8 Å². The number of alkyl halides is 3. The molecule has 1 aromatic heterocycles. The van der Waals surface area contributed by atoms with E-state index in [-0.39, 0.29) is 39.0 Å². The van der Waals surface area contributed by atoms with Gasteiger partial charge in [-0.25, -0.2) is 8.42 Å². The van der Waals surface area contributed by atoms with Crippen LogP contribution in [0.2, 0.25) is 0 Å². The monoisotopic (exact) mass is 609 g/mol. The summed E-state index contributed by atoms with van der Waals surface area (Å²) in [5.74, 6) is -1.93. The predicted octanol–water partition coefficient (Wildman–Crippen LogP) is 1.19. The first kappa shape index (κ1) is 32.9. The molecule has 0 spiro atoms. The maximum absolute atomic E-state index is 13.3. The summed E-state index contributed by atoms with van der Waals surface area (Å²) in [6.07, 6.45) is -3.53. The lowest BCUT2D eigenvalue weighted by molar-refractivity contribution is -0.137. The average molecular weight is 610 g/mol. The smallest absolute Gasteiger partial charge is 0.343 e. The Labute approximate surface area is 241 Å². The second-order valence-electron chi connectivity index (χ2n) is 9.55. The van der Waals surface area contributed by atoms with E-state index in [1.54, 1.807) is 24.3 Å². The van der Waals surface area contributed by atoms with Gasteiger partial charge in [-0.2, -0.15) is 17.5 Å². The third-order valence-electron chi connectivity index (χ3n) is 6.39. The summed E-state index contributed by atoms with van der Waals surface area (Å²) in [4.78, 5) is 30.5. The van der Waals surface area contributed by atoms with E-state index >= 15 is 0 Å². The number of benzene rings is 2. The molecule has 228 valence electrons. The molecule has 0 fully saturated rings. The molecule has 2 aromatic carbocycles. The Morgan fingerprint density at radius 2 is 1.62 bits per heavy atom. The first-order chi connectivity index (χ1) is 19.8. The van der Waals surface area contributed by atoms with E-state index in [1.165, 1.54) is 18.3 Å². The van der Waals surface area contributed by atoms with Crippen molar-refractivity contribution in [1.29, 1.82) is 0 Å². The lowest BCUT2D eigenvalue weighted by Gasteiger charge is -2.23. The molecule has 0 aliphatic heterocycles. The standard InChI is InChI=1S/C27H34F3N7O4S/c28-27(29,30)20-7-5-18(6-8-20)15-24(26(39)35-21-16-19-3-1-2-4-23(19)34-17-21)36-25(38)22(33)9-14-42(40,41)37(12-10-31)13-11-32/h1-8,16-17,22,24H,9-15,31-33H2,(H,35,39)(H,36,38). The molecule has 42 heavy (non-hydrogen) atoms. The van der Waals surface area contributed by atoms with Crippen LogP contribution in [-0.2, 0) is 32.2 Å². The number of pyridine rings is 1. The number of hydrogen-bond acceptors (Lipinski definition) is 8. The molecule has 1 heterocycles. The van der Waals surface area contributed by atoms with Crippen LogP contribution in [0, 0.1) is 0 Å². The van der Waals surface area contributed by atoms with Gasteiger partial charge in [-0.15, -0.1) is 0 Å². The van der Waals surface area contributed by atoms with Gasteiger partial charge in [-0.1, -0.05) is 30.3 Å². The SMILES string of the molecule is NCCN(CCN)S(=O)(=O)CCC(N)C(=O)NC(Cc1ccc(C(F)(F)F)cc1)C(=O)Nc1cnc2ccccc2c1. The van der Waals surface area contributed by atoms with E-state index in [4.69, 9.17) is 17.2 Å². The van der Waals surface area contributed by atoms with Crippen molar-refractivity contribution < 1.29 is 31.2 Å². The van der Waals surface area contributed by atoms with E-state index in [0.29, 0.717) is 16.8 Å². The van der Waals surface area contributed by atoms with Crippen molar-refractivity contribution in [1.82, 2.24) is 14.6 Å². The summed E-state index contributed by atoms with van der Waals surface area (Å²) in [7, 11) is -3.81. The number of hydrogen-bond donors (Lipinski definition) is 5. The van der Waals surface area contributed by atoms with Gasteiger partial charge >= 0.3 is 6.18 Å². The Morgan fingerprint density at radius 1 is 0.976 bits per heavy atom. The Morgan fingerprint density at radius 3 is 2.24 bits per heavy atom. The number of nitrogens with two attached hydrogens (primary N) is 3. The van der Waals surface area contributed by atoms with Gasteiger partial charge in [0.15, 0.2) is 0 Å². The van der Waals surface area contributed by atoms with Crippen LogP contribution >= 0.6 is 0 Å². The summed E-state index contributed by atoms with van der Waals surface area (Å²) < 4.78 is 65.5. The zero-order valence-electron chi connectivity index (χ0n) is 22.7. The molecule has 0 saturated carbocycles. The number of fused-ring (bicyclic) bond motifs is 1. The Bertz CT molecular complexity index is 1460. The highest BCUT2D eigenvalue weighted by Crippen LogP contribution is 2.29. The van der Waals surface area contributed by atoms with E-state index in [9.17, 15) is 31.2 Å². The van der Waals surface area contributed by atoms with Crippen molar-refractivity contribution in [2.24, 2.45) is 17.2 Å². The van der Waals surface area contributed by atoms with Gasteiger partial charge in [0.2, 0.25) is 21.8 Å². The van der Waals surface area contributed by atoms with Crippen LogP contribution in [-0.4, -0.2) is 73.5 Å². The van der Waals surface area contributed by atoms with Gasteiger partial charge in [0, 0.05) is 38.0 Å². The number of amides is 2. The second-order valence-corrected chi connectivity index (χ2v) is 11.6. The van der Waals surface area contributed by atoms with Gasteiger partial charge in [0.1, 0.15) is 6.04 Å². The molecule has 8 N–H and O–H groups in total.